The number of nitrogens with one attached hydrogen (secondary N) is 1. The Kier molecular flexibility index (Phi) is 11.7. The Morgan fingerprint density at radius 1 is 0.865 bits per heavy atom. The molecular weight excluding hydrogens is 641 g/mol. The highest BCUT2D eigenvalue weighted by atomic mass is 79.9. The summed E-state index contributed by atoms with van der Waals surface area (Å²) in [7, 11) is 0. The third kappa shape index (κ3) is 8.64. The molecular formula is C24H18Br2ClF3N6O. The van der Waals surface area contributed by atoms with Crippen LogP contribution >= 0.6 is 44.3 Å². The van der Waals surface area contributed by atoms with Crippen LogP contribution in [0.4, 0.5) is 18.9 Å². The Balaban J connectivity index is 0.000000208. The Morgan fingerprint density at radius 3 is 2.05 bits per heavy atom. The largest absolute Gasteiger partial charge is 0.324 e. The molecule has 7 nitrogen and oxygen atoms in total. The highest BCUT2D eigenvalue weighted by Gasteiger charge is 2.06. The van der Waals surface area contributed by atoms with Crippen LogP contribution in [0.3, 0.4) is 0 Å². The summed E-state index contributed by atoms with van der Waals surface area (Å²) < 4.78 is 40.5. The van der Waals surface area contributed by atoms with Gasteiger partial charge in [-0.25, -0.2) is 27.8 Å². The van der Waals surface area contributed by atoms with Crippen molar-refractivity contribution in [1.82, 2.24) is 19.7 Å². The van der Waals surface area contributed by atoms with Gasteiger partial charge in [0.2, 0.25) is 0 Å². The Hall–Kier alpha value is -3.32. The lowest BCUT2D eigenvalue weighted by molar-refractivity contribution is 0.111. The van der Waals surface area contributed by atoms with Gasteiger partial charge in [0.05, 0.1) is 23.6 Å². The van der Waals surface area contributed by atoms with E-state index in [0.717, 1.165) is 27.4 Å². The van der Waals surface area contributed by atoms with E-state index in [0.29, 0.717) is 16.6 Å². The first-order chi connectivity index (χ1) is 17.3. The van der Waals surface area contributed by atoms with E-state index in [9.17, 15) is 18.0 Å². The molecule has 0 bridgehead atoms. The van der Waals surface area contributed by atoms with Crippen LogP contribution in [-0.4, -0.2) is 26.0 Å². The van der Waals surface area contributed by atoms with Crippen molar-refractivity contribution in [2.75, 3.05) is 5.43 Å². The van der Waals surface area contributed by atoms with Crippen molar-refractivity contribution in [2.24, 2.45) is 5.84 Å². The van der Waals surface area contributed by atoms with Gasteiger partial charge in [0.25, 0.3) is 0 Å². The van der Waals surface area contributed by atoms with Crippen molar-refractivity contribution in [3.05, 3.63) is 111 Å². The zero-order chi connectivity index (χ0) is 26.1. The number of benzene rings is 2. The number of pyridine rings is 2. The number of carbonyl (C=O) groups is 1. The minimum absolute atomic E-state index is 0. The van der Waals surface area contributed by atoms with Crippen LogP contribution in [0, 0.1) is 17.5 Å². The average molecular weight is 659 g/mol. The normalized spacial score (nSPS) is 9.78. The van der Waals surface area contributed by atoms with Gasteiger partial charge in [-0.2, -0.15) is 5.10 Å². The SMILES string of the molecule is Cl.Fc1ccc(-n2ncc3cc(Br)cnc32)cc1.NNc1ccc(F)cc1.O=Cc1cc(Br)ncc1F. The molecule has 0 radical (unpaired) electrons. The van der Waals surface area contributed by atoms with E-state index in [2.05, 4.69) is 52.4 Å². The van der Waals surface area contributed by atoms with Gasteiger partial charge in [-0.15, -0.1) is 12.4 Å². The molecule has 0 atom stereocenters. The van der Waals surface area contributed by atoms with E-state index >= 15 is 0 Å². The number of aromatic nitrogens is 4. The molecule has 0 unspecified atom stereocenters. The molecule has 3 aromatic heterocycles. The summed E-state index contributed by atoms with van der Waals surface area (Å²) in [6, 6.07) is 15.2. The van der Waals surface area contributed by atoms with E-state index in [-0.39, 0.29) is 29.6 Å². The average Bonchev–Trinajstić information content (AvgIpc) is 3.30. The zero-order valence-corrected chi connectivity index (χ0v) is 22.6. The number of hydrazine groups is 1. The monoisotopic (exact) mass is 656 g/mol. The summed E-state index contributed by atoms with van der Waals surface area (Å²) in [5.74, 6) is 3.91. The minimum atomic E-state index is -0.599. The van der Waals surface area contributed by atoms with E-state index in [1.165, 1.54) is 30.3 Å². The Morgan fingerprint density at radius 2 is 1.49 bits per heavy atom. The molecule has 5 rings (SSSR count). The molecule has 0 saturated carbocycles. The molecule has 5 aromatic rings. The molecule has 0 saturated heterocycles. The highest BCUT2D eigenvalue weighted by Crippen LogP contribution is 2.20. The number of fused-ring (bicyclic) bond motifs is 1. The number of carbonyl (C=O) groups excluding carboxylic acids is 1. The van der Waals surface area contributed by atoms with E-state index in [1.54, 1.807) is 41.3 Å². The Bertz CT molecular complexity index is 1450. The van der Waals surface area contributed by atoms with Crippen LogP contribution in [0.15, 0.2) is 88.3 Å². The molecule has 3 N–H and O–H groups in total. The van der Waals surface area contributed by atoms with Crippen LogP contribution in [0.2, 0.25) is 0 Å². The number of hydrogen-bond acceptors (Lipinski definition) is 6. The predicted molar refractivity (Wildman–Crippen MR) is 145 cm³/mol. The van der Waals surface area contributed by atoms with Crippen molar-refractivity contribution in [2.45, 2.75) is 0 Å². The first-order valence-electron chi connectivity index (χ1n) is 10.0. The highest BCUT2D eigenvalue weighted by molar-refractivity contribution is 9.10. The van der Waals surface area contributed by atoms with E-state index in [4.69, 9.17) is 5.84 Å². The molecule has 0 aliphatic carbocycles. The summed E-state index contributed by atoms with van der Waals surface area (Å²) in [6.07, 6.45) is 4.88. The van der Waals surface area contributed by atoms with E-state index < -0.39 is 5.82 Å². The topological polar surface area (TPSA) is 98.7 Å². The molecule has 0 spiro atoms. The number of anilines is 1. The fourth-order valence-corrected chi connectivity index (χ4v) is 3.43. The van der Waals surface area contributed by atoms with Gasteiger partial charge in [0.15, 0.2) is 17.8 Å². The van der Waals surface area contributed by atoms with E-state index in [1.807, 2.05) is 6.07 Å². The molecule has 0 amide bonds. The number of nitrogens with two attached hydrogens (primary N) is 1. The van der Waals surface area contributed by atoms with Gasteiger partial charge < -0.3 is 5.43 Å². The lowest BCUT2D eigenvalue weighted by Gasteiger charge is -2.02. The second kappa shape index (κ2) is 14.4. The van der Waals surface area contributed by atoms with Crippen molar-refractivity contribution < 1.29 is 18.0 Å². The maximum atomic E-state index is 12.8. The van der Waals surface area contributed by atoms with Crippen molar-refractivity contribution in [1.29, 1.82) is 0 Å². The lowest BCUT2D eigenvalue weighted by atomic mass is 10.3. The molecule has 0 fully saturated rings. The van der Waals surface area contributed by atoms with Crippen molar-refractivity contribution in [3.8, 4) is 5.69 Å². The first-order valence-corrected chi connectivity index (χ1v) is 11.6. The summed E-state index contributed by atoms with van der Waals surface area (Å²) in [4.78, 5) is 18.0. The standard InChI is InChI=1S/C12H7BrFN3.C6H3BrFNO.C6H7FN2.ClH/c13-9-5-8-6-16-17(12(8)15-7-9)11-3-1-10(14)2-4-11;7-6-1-4(3-10)5(8)2-9-6;7-5-1-3-6(9-8)4-2-5;/h1-7H;1-3H;1-4,9H,8H2;1H. The molecule has 3 heterocycles. The minimum Gasteiger partial charge on any atom is -0.324 e. The number of rotatable bonds is 3. The molecule has 192 valence electrons. The zero-order valence-electron chi connectivity index (χ0n) is 18.7. The van der Waals surface area contributed by atoms with Gasteiger partial charge in [-0.1, -0.05) is 0 Å². The molecule has 2 aromatic carbocycles. The summed E-state index contributed by atoms with van der Waals surface area (Å²) in [5.41, 5.74) is 4.65. The fraction of sp³-hybridized carbons (Fsp3) is 0. The first kappa shape index (κ1) is 29.9. The molecule has 37 heavy (non-hydrogen) atoms. The predicted octanol–water partition coefficient (Wildman–Crippen LogP) is 6.65. The van der Waals surface area contributed by atoms with Gasteiger partial charge in [0.1, 0.15) is 16.2 Å². The quantitative estimate of drug-likeness (QED) is 0.0975. The van der Waals surface area contributed by atoms with Gasteiger partial charge in [-0.05, 0) is 92.5 Å². The summed E-state index contributed by atoms with van der Waals surface area (Å²) in [6.45, 7) is 0. The second-order valence-electron chi connectivity index (χ2n) is 6.90. The summed E-state index contributed by atoms with van der Waals surface area (Å²) >= 11 is 6.36. The van der Waals surface area contributed by atoms with Crippen LogP contribution in [0.25, 0.3) is 16.7 Å². The molecule has 0 aliphatic heterocycles. The summed E-state index contributed by atoms with van der Waals surface area (Å²) in [5, 5.41) is 5.18. The van der Waals surface area contributed by atoms with Gasteiger partial charge in [-0.3, -0.25) is 10.6 Å². The molecule has 0 aliphatic rings. The fourth-order valence-electron chi connectivity index (χ4n) is 2.73. The second-order valence-corrected chi connectivity index (χ2v) is 8.62. The number of hydrogen-bond donors (Lipinski definition) is 2. The number of aldehydes is 1. The maximum absolute atomic E-state index is 12.8. The van der Waals surface area contributed by atoms with Crippen LogP contribution in [0.5, 0.6) is 0 Å². The van der Waals surface area contributed by atoms with Gasteiger partial charge in [0, 0.05) is 21.7 Å². The van der Waals surface area contributed by atoms with Gasteiger partial charge >= 0.3 is 0 Å². The maximum Gasteiger partial charge on any atom is 0.162 e. The lowest BCUT2D eigenvalue weighted by Crippen LogP contribution is -2.05. The van der Waals surface area contributed by atoms with Crippen molar-refractivity contribution >= 4 is 67.3 Å². The Labute approximate surface area is 232 Å². The van der Waals surface area contributed by atoms with Crippen molar-refractivity contribution in [3.63, 3.8) is 0 Å². The van der Waals surface area contributed by atoms with Crippen LogP contribution in [0.1, 0.15) is 10.4 Å². The third-order valence-corrected chi connectivity index (χ3v) is 5.30. The van der Waals surface area contributed by atoms with Crippen LogP contribution in [-0.2, 0) is 0 Å². The number of nitrogens with zero attached hydrogens (tertiary/aromatic N) is 4. The smallest absolute Gasteiger partial charge is 0.162 e. The third-order valence-electron chi connectivity index (χ3n) is 4.44. The van der Waals surface area contributed by atoms with Crippen LogP contribution < -0.4 is 11.3 Å². The number of halogens is 6. The number of nitrogen functional groups attached to an aromatic ring is 1. The molecule has 13 heteroatoms.